The van der Waals surface area contributed by atoms with E-state index in [9.17, 15) is 0 Å². The maximum atomic E-state index is 5.38. The zero-order chi connectivity index (χ0) is 25.4. The van der Waals surface area contributed by atoms with E-state index in [2.05, 4.69) is 82.6 Å². The van der Waals surface area contributed by atoms with Crippen molar-refractivity contribution in [1.82, 2.24) is 14.8 Å². The minimum atomic E-state index is 0.507. The number of hydrogen-bond donors (Lipinski definition) is 1. The van der Waals surface area contributed by atoms with Crippen molar-refractivity contribution in [2.45, 2.75) is 43.8 Å². The molecule has 0 amide bonds. The molecule has 3 aliphatic rings. The number of fused-ring (bicyclic) bond motifs is 2. The van der Waals surface area contributed by atoms with Crippen molar-refractivity contribution in [2.75, 3.05) is 57.6 Å². The monoisotopic (exact) mass is 497 g/mol. The summed E-state index contributed by atoms with van der Waals surface area (Å²) in [5.74, 6) is 0.861. The summed E-state index contributed by atoms with van der Waals surface area (Å²) >= 11 is 0. The van der Waals surface area contributed by atoms with E-state index >= 15 is 0 Å². The van der Waals surface area contributed by atoms with Crippen molar-refractivity contribution in [3.05, 3.63) is 60.7 Å². The lowest BCUT2D eigenvalue weighted by Crippen LogP contribution is -2.44. The number of rotatable bonds is 6. The van der Waals surface area contributed by atoms with Gasteiger partial charge in [-0.05, 0) is 88.3 Å². The smallest absolute Gasteiger partial charge is 0.118 e. The van der Waals surface area contributed by atoms with Gasteiger partial charge in [0.1, 0.15) is 5.75 Å². The summed E-state index contributed by atoms with van der Waals surface area (Å²) in [5.41, 5.74) is 6.71. The van der Waals surface area contributed by atoms with Crippen molar-refractivity contribution in [2.24, 2.45) is 0 Å². The van der Waals surface area contributed by atoms with Crippen molar-refractivity contribution in [3.8, 4) is 28.3 Å². The highest BCUT2D eigenvalue weighted by atomic mass is 16.5. The molecule has 2 atom stereocenters. The zero-order valence-electron chi connectivity index (χ0n) is 22.4. The largest absolute Gasteiger partial charge is 0.497 e. The average molecular weight is 498 g/mol. The van der Waals surface area contributed by atoms with Crippen LogP contribution in [0.5, 0.6) is 5.75 Å². The molecular weight excluding hydrogens is 458 g/mol. The Balaban J connectivity index is 1.29. The Morgan fingerprint density at radius 3 is 1.92 bits per heavy atom. The van der Waals surface area contributed by atoms with Gasteiger partial charge in [-0.2, -0.15) is 0 Å². The molecule has 0 radical (unpaired) electrons. The van der Waals surface area contributed by atoms with Gasteiger partial charge < -0.3 is 24.8 Å². The minimum absolute atomic E-state index is 0.507. The number of piperazine rings is 1. The second-order valence-corrected chi connectivity index (χ2v) is 11.1. The summed E-state index contributed by atoms with van der Waals surface area (Å²) in [7, 11) is 6.21. The van der Waals surface area contributed by atoms with Gasteiger partial charge in [-0.15, -0.1) is 0 Å². The van der Waals surface area contributed by atoms with E-state index in [1.807, 2.05) is 12.1 Å². The van der Waals surface area contributed by atoms with Crippen LogP contribution in [-0.2, 0) is 0 Å². The quantitative estimate of drug-likeness (QED) is 0.504. The average Bonchev–Trinajstić information content (AvgIpc) is 3.13. The van der Waals surface area contributed by atoms with Gasteiger partial charge in [-0.25, -0.2) is 4.98 Å². The number of methoxy groups -OCH3 is 1. The van der Waals surface area contributed by atoms with Crippen LogP contribution in [0.4, 0.5) is 11.4 Å². The van der Waals surface area contributed by atoms with Crippen LogP contribution < -0.4 is 15.0 Å². The Morgan fingerprint density at radius 1 is 0.784 bits per heavy atom. The van der Waals surface area contributed by atoms with E-state index in [0.29, 0.717) is 18.1 Å². The number of likely N-dealkylation sites (N-methyl/N-ethyl adjacent to an activating group) is 1. The number of nitrogens with one attached hydrogen (secondary N) is 1. The summed E-state index contributed by atoms with van der Waals surface area (Å²) < 4.78 is 5.38. The molecule has 3 fully saturated rings. The third kappa shape index (κ3) is 5.18. The maximum Gasteiger partial charge on any atom is 0.118 e. The number of ether oxygens (including phenoxy) is 1. The minimum Gasteiger partial charge on any atom is -0.497 e. The van der Waals surface area contributed by atoms with E-state index in [1.54, 1.807) is 7.11 Å². The van der Waals surface area contributed by atoms with Gasteiger partial charge in [0.25, 0.3) is 0 Å². The van der Waals surface area contributed by atoms with Crippen molar-refractivity contribution in [3.63, 3.8) is 0 Å². The Bertz CT molecular complexity index is 1190. The van der Waals surface area contributed by atoms with Crippen LogP contribution in [0.2, 0.25) is 0 Å². The standard InChI is InChI=1S/C31H39N5O/c1-34-14-16-36(17-15-34)26-8-4-22(5-9-26)30-20-25(32-24-18-27-10-11-28(19-24)35(27)2)21-31(33-30)23-6-12-29(37-3)13-7-23/h4-9,12-13,20-21,24,27-28H,10-11,14-19H2,1-3H3,(H,32,33). The van der Waals surface area contributed by atoms with Gasteiger partial charge in [-0.3, -0.25) is 0 Å². The molecule has 6 rings (SSSR count). The van der Waals surface area contributed by atoms with Crippen LogP contribution in [0.3, 0.4) is 0 Å². The van der Waals surface area contributed by atoms with E-state index in [4.69, 9.17) is 9.72 Å². The van der Waals surface area contributed by atoms with Crippen molar-refractivity contribution >= 4 is 11.4 Å². The fourth-order valence-electron chi connectivity index (χ4n) is 6.34. The molecule has 1 aromatic heterocycles. The number of benzene rings is 2. The summed E-state index contributed by atoms with van der Waals surface area (Å²) in [6.07, 6.45) is 5.08. The Labute approximate surface area is 221 Å². The van der Waals surface area contributed by atoms with Gasteiger partial charge in [0.05, 0.1) is 18.5 Å². The molecule has 37 heavy (non-hydrogen) atoms. The topological polar surface area (TPSA) is 43.9 Å². The molecule has 4 heterocycles. The summed E-state index contributed by atoms with van der Waals surface area (Å²) in [5, 5.41) is 3.91. The van der Waals surface area contributed by atoms with Crippen LogP contribution in [-0.4, -0.2) is 80.3 Å². The molecule has 0 spiro atoms. The van der Waals surface area contributed by atoms with Crippen LogP contribution >= 0.6 is 0 Å². The SMILES string of the molecule is COc1ccc(-c2cc(NC3CC4CCC(C3)N4C)cc(-c3ccc(N4CCN(C)CC4)cc3)n2)cc1. The van der Waals surface area contributed by atoms with Crippen molar-refractivity contribution in [1.29, 1.82) is 0 Å². The van der Waals surface area contributed by atoms with Gasteiger partial charge in [0.2, 0.25) is 0 Å². The number of aromatic nitrogens is 1. The Morgan fingerprint density at radius 2 is 1.35 bits per heavy atom. The fourth-order valence-corrected chi connectivity index (χ4v) is 6.34. The molecule has 3 aromatic rings. The first-order valence-corrected chi connectivity index (χ1v) is 13.7. The molecule has 0 saturated carbocycles. The van der Waals surface area contributed by atoms with Crippen LogP contribution in [0.1, 0.15) is 25.7 Å². The lowest BCUT2D eigenvalue weighted by atomic mass is 9.97. The Hall–Kier alpha value is -3.09. The van der Waals surface area contributed by atoms with Crippen LogP contribution in [0, 0.1) is 0 Å². The van der Waals surface area contributed by atoms with Gasteiger partial charge in [-0.1, -0.05) is 12.1 Å². The van der Waals surface area contributed by atoms with Crippen molar-refractivity contribution < 1.29 is 4.74 Å². The highest BCUT2D eigenvalue weighted by molar-refractivity contribution is 5.73. The zero-order valence-corrected chi connectivity index (χ0v) is 22.4. The maximum absolute atomic E-state index is 5.38. The van der Waals surface area contributed by atoms with E-state index in [-0.39, 0.29) is 0 Å². The lowest BCUT2D eigenvalue weighted by Gasteiger charge is -2.37. The van der Waals surface area contributed by atoms with Crippen LogP contribution in [0.25, 0.3) is 22.5 Å². The van der Waals surface area contributed by atoms with Gasteiger partial charge in [0, 0.05) is 66.8 Å². The Kier molecular flexibility index (Phi) is 6.78. The number of hydrogen-bond acceptors (Lipinski definition) is 6. The van der Waals surface area contributed by atoms with E-state index in [1.165, 1.54) is 31.4 Å². The molecule has 3 aliphatic heterocycles. The van der Waals surface area contributed by atoms with Gasteiger partial charge in [0.15, 0.2) is 0 Å². The third-order valence-corrected chi connectivity index (χ3v) is 8.71. The highest BCUT2D eigenvalue weighted by Gasteiger charge is 2.38. The molecule has 6 nitrogen and oxygen atoms in total. The molecule has 2 bridgehead atoms. The molecular formula is C31H39N5O. The normalized spacial score (nSPS) is 24.3. The molecule has 0 aliphatic carbocycles. The lowest BCUT2D eigenvalue weighted by molar-refractivity contribution is 0.169. The van der Waals surface area contributed by atoms with E-state index < -0.39 is 0 Å². The first-order chi connectivity index (χ1) is 18.1. The van der Waals surface area contributed by atoms with E-state index in [0.717, 1.165) is 60.1 Å². The molecule has 3 saturated heterocycles. The second-order valence-electron chi connectivity index (χ2n) is 11.1. The predicted octanol–water partition coefficient (Wildman–Crippen LogP) is 5.21. The molecule has 1 N–H and O–H groups in total. The summed E-state index contributed by atoms with van der Waals surface area (Å²) in [4.78, 5) is 12.6. The summed E-state index contributed by atoms with van der Waals surface area (Å²) in [6.45, 7) is 4.38. The second kappa shape index (κ2) is 10.3. The highest BCUT2D eigenvalue weighted by Crippen LogP contribution is 2.36. The molecule has 6 heteroatoms. The number of anilines is 2. The number of pyridine rings is 1. The first-order valence-electron chi connectivity index (χ1n) is 13.7. The molecule has 194 valence electrons. The fraction of sp³-hybridized carbons (Fsp3) is 0.452. The molecule has 2 unspecified atom stereocenters. The predicted molar refractivity (Wildman–Crippen MR) is 153 cm³/mol. The van der Waals surface area contributed by atoms with Crippen LogP contribution in [0.15, 0.2) is 60.7 Å². The van der Waals surface area contributed by atoms with Gasteiger partial charge >= 0.3 is 0 Å². The third-order valence-electron chi connectivity index (χ3n) is 8.71. The summed E-state index contributed by atoms with van der Waals surface area (Å²) in [6, 6.07) is 23.6. The number of piperidine rings is 1. The number of nitrogens with zero attached hydrogens (tertiary/aromatic N) is 4. The first kappa shape index (κ1) is 24.3. The molecule has 2 aromatic carbocycles.